The van der Waals surface area contributed by atoms with Gasteiger partial charge in [-0.1, -0.05) is 6.92 Å². The molecule has 7 heteroatoms. The zero-order valence-corrected chi connectivity index (χ0v) is 17.1. The van der Waals surface area contributed by atoms with E-state index in [-0.39, 0.29) is 12.2 Å². The normalized spacial score (nSPS) is 19.9. The first kappa shape index (κ1) is 19.4. The Morgan fingerprint density at radius 2 is 1.38 bits per heavy atom. The second kappa shape index (κ2) is 8.21. The van der Waals surface area contributed by atoms with Crippen LogP contribution in [0.2, 0.25) is 0 Å². The Hall–Kier alpha value is -2.93. The topological polar surface area (TPSA) is 62.3 Å². The fourth-order valence-corrected chi connectivity index (χ4v) is 4.02. The summed E-state index contributed by atoms with van der Waals surface area (Å²) in [5.74, 6) is 0.297. The number of hydrazine groups is 1. The highest BCUT2D eigenvalue weighted by Crippen LogP contribution is 2.26. The number of urea groups is 1. The Balaban J connectivity index is 1.38. The number of carbonyl (C=O) groups is 1. The van der Waals surface area contributed by atoms with E-state index in [0.29, 0.717) is 5.75 Å². The van der Waals surface area contributed by atoms with Gasteiger partial charge < -0.3 is 19.8 Å². The van der Waals surface area contributed by atoms with Crippen LogP contribution >= 0.6 is 0 Å². The fraction of sp³-hybridized carbons (Fsp3) is 0.409. The second-order valence-electron chi connectivity index (χ2n) is 7.62. The zero-order chi connectivity index (χ0) is 20.4. The maximum Gasteiger partial charge on any atom is 0.340 e. The molecule has 0 bridgehead atoms. The van der Waals surface area contributed by atoms with Gasteiger partial charge in [-0.2, -0.15) is 0 Å². The largest absolute Gasteiger partial charge is 0.508 e. The van der Waals surface area contributed by atoms with Gasteiger partial charge in [0.1, 0.15) is 5.75 Å². The predicted octanol–water partition coefficient (Wildman–Crippen LogP) is 3.22. The lowest BCUT2D eigenvalue weighted by atomic mass is 10.2. The second-order valence-corrected chi connectivity index (χ2v) is 7.62. The Morgan fingerprint density at radius 3 is 1.90 bits per heavy atom. The Kier molecular flexibility index (Phi) is 5.49. The van der Waals surface area contributed by atoms with Crippen LogP contribution in [0.25, 0.3) is 0 Å². The molecule has 2 aromatic carbocycles. The molecule has 4 rings (SSSR count). The number of phenolic OH excluding ortho intramolecular Hbond substituents is 1. The van der Waals surface area contributed by atoms with Gasteiger partial charge in [0, 0.05) is 44.1 Å². The minimum absolute atomic E-state index is 0.00890. The highest BCUT2D eigenvalue weighted by Gasteiger charge is 2.34. The summed E-state index contributed by atoms with van der Waals surface area (Å²) in [7, 11) is 0. The predicted molar refractivity (Wildman–Crippen MR) is 116 cm³/mol. The van der Waals surface area contributed by atoms with E-state index >= 15 is 0 Å². The molecule has 2 saturated heterocycles. The molecule has 0 spiro atoms. The van der Waals surface area contributed by atoms with Gasteiger partial charge in [-0.3, -0.25) is 0 Å². The van der Waals surface area contributed by atoms with Crippen LogP contribution in [-0.2, 0) is 0 Å². The lowest BCUT2D eigenvalue weighted by Gasteiger charge is -2.37. The molecule has 7 nitrogen and oxygen atoms in total. The summed E-state index contributed by atoms with van der Waals surface area (Å²) in [5.41, 5.74) is 6.43. The number of nitrogens with one attached hydrogen (secondary N) is 1. The molecule has 0 saturated carbocycles. The van der Waals surface area contributed by atoms with Crippen LogP contribution in [0.15, 0.2) is 48.5 Å². The van der Waals surface area contributed by atoms with Crippen LogP contribution in [0.3, 0.4) is 0 Å². The Bertz CT molecular complexity index is 831. The van der Waals surface area contributed by atoms with Crippen molar-refractivity contribution in [2.24, 2.45) is 0 Å². The maximum atomic E-state index is 12.6. The summed E-state index contributed by atoms with van der Waals surface area (Å²) in [4.78, 5) is 19.2. The molecule has 2 N–H and O–H groups in total. The van der Waals surface area contributed by atoms with Gasteiger partial charge in [0.2, 0.25) is 0 Å². The summed E-state index contributed by atoms with van der Waals surface area (Å²) in [6, 6.07) is 15.6. The van der Waals surface area contributed by atoms with Crippen molar-refractivity contribution >= 4 is 23.1 Å². The number of anilines is 3. The quantitative estimate of drug-likeness (QED) is 0.814. The lowest BCUT2D eigenvalue weighted by Crippen LogP contribution is -2.46. The maximum absolute atomic E-state index is 12.6. The fourth-order valence-electron chi connectivity index (χ4n) is 4.02. The third-order valence-electron chi connectivity index (χ3n) is 5.65. The van der Waals surface area contributed by atoms with Gasteiger partial charge >= 0.3 is 6.03 Å². The number of carbonyl (C=O) groups excluding carboxylic acids is 1. The SMILES string of the molecule is CCCN1C(=O)N(c2ccc(N3CCN(c4ccc(O)cc4)CC3)cc2)NC1C. The molecule has 0 aliphatic carbocycles. The molecular formula is C22H29N5O2. The van der Waals surface area contributed by atoms with Crippen LogP contribution in [0.5, 0.6) is 5.75 Å². The summed E-state index contributed by atoms with van der Waals surface area (Å²) in [6.07, 6.45) is 0.954. The number of benzene rings is 2. The van der Waals surface area contributed by atoms with E-state index in [4.69, 9.17) is 0 Å². The van der Waals surface area contributed by atoms with E-state index in [1.165, 1.54) is 5.69 Å². The summed E-state index contributed by atoms with van der Waals surface area (Å²) < 4.78 is 0. The average molecular weight is 396 g/mol. The Morgan fingerprint density at radius 1 is 0.897 bits per heavy atom. The molecule has 1 atom stereocenters. The van der Waals surface area contributed by atoms with Crippen LogP contribution < -0.4 is 20.2 Å². The zero-order valence-electron chi connectivity index (χ0n) is 17.1. The number of hydrogen-bond donors (Lipinski definition) is 2. The number of aromatic hydroxyl groups is 1. The molecule has 2 fully saturated rings. The van der Waals surface area contributed by atoms with E-state index in [1.54, 1.807) is 17.1 Å². The van der Waals surface area contributed by atoms with Gasteiger partial charge in [-0.15, -0.1) is 0 Å². The van der Waals surface area contributed by atoms with Gasteiger partial charge in [0.25, 0.3) is 0 Å². The van der Waals surface area contributed by atoms with Crippen molar-refractivity contribution in [1.82, 2.24) is 10.3 Å². The number of rotatable bonds is 5. The van der Waals surface area contributed by atoms with Crippen molar-refractivity contribution in [2.45, 2.75) is 26.4 Å². The van der Waals surface area contributed by atoms with Crippen LogP contribution in [0.1, 0.15) is 20.3 Å². The van der Waals surface area contributed by atoms with Crippen molar-refractivity contribution in [3.8, 4) is 5.75 Å². The van der Waals surface area contributed by atoms with Crippen LogP contribution in [-0.4, -0.2) is 54.9 Å². The first-order valence-electron chi connectivity index (χ1n) is 10.3. The first-order chi connectivity index (χ1) is 14.1. The molecule has 29 heavy (non-hydrogen) atoms. The number of amides is 2. The molecule has 154 valence electrons. The van der Waals surface area contributed by atoms with Gasteiger partial charge in [0.05, 0.1) is 11.9 Å². The standard InChI is InChI=1S/C22H29N5O2/c1-3-12-26-17(2)23-27(22(26)29)20-6-4-18(5-7-20)24-13-15-25(16-14-24)19-8-10-21(28)11-9-19/h4-11,17,23,28H,3,12-16H2,1-2H3. The molecule has 2 aliphatic heterocycles. The van der Waals surface area contributed by atoms with Crippen molar-refractivity contribution in [3.05, 3.63) is 48.5 Å². The number of nitrogens with zero attached hydrogens (tertiary/aromatic N) is 4. The van der Waals surface area contributed by atoms with Crippen molar-refractivity contribution in [3.63, 3.8) is 0 Å². The average Bonchev–Trinajstić information content (AvgIpc) is 3.03. The molecule has 2 heterocycles. The molecule has 0 aromatic heterocycles. The molecule has 2 aliphatic rings. The summed E-state index contributed by atoms with van der Waals surface area (Å²) in [6.45, 7) is 8.58. The molecule has 2 amide bonds. The van der Waals surface area contributed by atoms with E-state index in [0.717, 1.165) is 50.5 Å². The van der Waals surface area contributed by atoms with Gasteiger partial charge in [-0.25, -0.2) is 15.2 Å². The van der Waals surface area contributed by atoms with Gasteiger partial charge in [-0.05, 0) is 61.9 Å². The van der Waals surface area contributed by atoms with Crippen LogP contribution in [0.4, 0.5) is 21.9 Å². The highest BCUT2D eigenvalue weighted by molar-refractivity contribution is 5.93. The minimum atomic E-state index is 0.00890. The smallest absolute Gasteiger partial charge is 0.340 e. The molecule has 1 unspecified atom stereocenters. The van der Waals surface area contributed by atoms with Crippen molar-refractivity contribution in [1.29, 1.82) is 0 Å². The van der Waals surface area contributed by atoms with Crippen molar-refractivity contribution in [2.75, 3.05) is 47.5 Å². The van der Waals surface area contributed by atoms with E-state index in [2.05, 4.69) is 34.3 Å². The van der Waals surface area contributed by atoms with Gasteiger partial charge in [0.15, 0.2) is 0 Å². The minimum Gasteiger partial charge on any atom is -0.508 e. The Labute approximate surface area is 172 Å². The number of hydrogen-bond acceptors (Lipinski definition) is 5. The lowest BCUT2D eigenvalue weighted by molar-refractivity contribution is 0.206. The van der Waals surface area contributed by atoms with Crippen molar-refractivity contribution < 1.29 is 9.90 Å². The van der Waals surface area contributed by atoms with E-state index in [9.17, 15) is 9.90 Å². The third-order valence-corrected chi connectivity index (χ3v) is 5.65. The van der Waals surface area contributed by atoms with Crippen LogP contribution in [0, 0.1) is 0 Å². The third kappa shape index (κ3) is 3.96. The highest BCUT2D eigenvalue weighted by atomic mass is 16.3. The van der Waals surface area contributed by atoms with E-state index in [1.807, 2.05) is 36.1 Å². The summed E-state index contributed by atoms with van der Waals surface area (Å²) in [5, 5.41) is 11.1. The summed E-state index contributed by atoms with van der Waals surface area (Å²) >= 11 is 0. The monoisotopic (exact) mass is 395 g/mol. The number of phenols is 1. The first-order valence-corrected chi connectivity index (χ1v) is 10.3. The molecule has 0 radical (unpaired) electrons. The number of piperazine rings is 1. The van der Waals surface area contributed by atoms with E-state index < -0.39 is 0 Å². The molecular weight excluding hydrogens is 366 g/mol. The molecule has 2 aromatic rings.